The first kappa shape index (κ1) is 22.6. The molecule has 2 atom stereocenters. The monoisotopic (exact) mass is 471 g/mol. The van der Waals surface area contributed by atoms with Gasteiger partial charge in [-0.3, -0.25) is 19.3 Å². The molecular formula is C22H21N3O7S. The fraction of sp³-hybridized carbons (Fsp3) is 0.318. The molecule has 3 heterocycles. The van der Waals surface area contributed by atoms with Crippen LogP contribution in [0.25, 0.3) is 10.9 Å². The molecule has 2 aliphatic rings. The number of amides is 2. The van der Waals surface area contributed by atoms with Crippen molar-refractivity contribution in [2.75, 3.05) is 19.0 Å². The van der Waals surface area contributed by atoms with Crippen LogP contribution in [-0.2, 0) is 23.9 Å². The molecule has 2 aromatic rings. The summed E-state index contributed by atoms with van der Waals surface area (Å²) in [6.07, 6.45) is 0. The molecule has 2 aliphatic heterocycles. The molecule has 0 saturated carbocycles. The lowest BCUT2D eigenvalue weighted by molar-refractivity contribution is -0.151. The fourth-order valence-electron chi connectivity index (χ4n) is 3.73. The highest BCUT2D eigenvalue weighted by atomic mass is 32.2. The Kier molecular flexibility index (Phi) is 6.23. The second kappa shape index (κ2) is 9.10. The van der Waals surface area contributed by atoms with Crippen molar-refractivity contribution in [3.05, 3.63) is 47.2 Å². The molecule has 172 valence electrons. The number of aromatic nitrogens is 1. The number of esters is 1. The van der Waals surface area contributed by atoms with Crippen molar-refractivity contribution in [2.24, 2.45) is 0 Å². The summed E-state index contributed by atoms with van der Waals surface area (Å²) in [6, 6.07) is 8.43. The Morgan fingerprint density at radius 3 is 2.79 bits per heavy atom. The van der Waals surface area contributed by atoms with Gasteiger partial charge in [-0.2, -0.15) is 0 Å². The zero-order valence-corrected chi connectivity index (χ0v) is 18.7. The first-order valence-corrected chi connectivity index (χ1v) is 11.1. The third kappa shape index (κ3) is 4.49. The largest absolute Gasteiger partial charge is 0.477 e. The molecule has 1 aromatic carbocycles. The zero-order chi connectivity index (χ0) is 23.7. The lowest BCUT2D eigenvalue weighted by Gasteiger charge is -2.49. The average molecular weight is 471 g/mol. The second-order valence-corrected chi connectivity index (χ2v) is 8.68. The first-order valence-electron chi connectivity index (χ1n) is 10.1. The van der Waals surface area contributed by atoms with E-state index in [1.54, 1.807) is 6.07 Å². The van der Waals surface area contributed by atoms with Gasteiger partial charge < -0.3 is 19.9 Å². The molecule has 0 aliphatic carbocycles. The van der Waals surface area contributed by atoms with E-state index >= 15 is 0 Å². The standard InChI is InChI=1S/C22H21N3O7S/c1-11-7-17(23-15-6-4-3-5-14(11)15)32-9-16(27)24-18-20(28)25-19(22(29)30)13(8-31-12(2)26)10-33-21(18)25/h3-7,18,21H,8-10H2,1-2H3,(H,24,27)(H,29,30)/t18-,21-/m1/s1. The van der Waals surface area contributed by atoms with Gasteiger partial charge in [0.25, 0.3) is 11.8 Å². The van der Waals surface area contributed by atoms with Gasteiger partial charge in [-0.25, -0.2) is 9.78 Å². The Labute approximate surface area is 192 Å². The summed E-state index contributed by atoms with van der Waals surface area (Å²) in [7, 11) is 0. The number of hydrogen-bond donors (Lipinski definition) is 2. The Balaban J connectivity index is 1.39. The number of nitrogens with zero attached hydrogens (tertiary/aromatic N) is 2. The summed E-state index contributed by atoms with van der Waals surface area (Å²) in [6.45, 7) is 2.59. The van der Waals surface area contributed by atoms with Gasteiger partial charge >= 0.3 is 11.9 Å². The van der Waals surface area contributed by atoms with Gasteiger partial charge in [0.1, 0.15) is 23.7 Å². The molecule has 1 fully saturated rings. The molecule has 4 rings (SSSR count). The maximum absolute atomic E-state index is 12.6. The molecule has 10 nitrogen and oxygen atoms in total. The summed E-state index contributed by atoms with van der Waals surface area (Å²) in [5.41, 5.74) is 1.83. The van der Waals surface area contributed by atoms with Crippen LogP contribution in [0.5, 0.6) is 5.88 Å². The summed E-state index contributed by atoms with van der Waals surface area (Å²) < 4.78 is 10.4. The molecule has 1 saturated heterocycles. The molecule has 2 N–H and O–H groups in total. The Hall–Kier alpha value is -3.60. The van der Waals surface area contributed by atoms with Gasteiger partial charge in [0.15, 0.2) is 6.61 Å². The Morgan fingerprint density at radius 1 is 1.30 bits per heavy atom. The first-order chi connectivity index (χ1) is 15.8. The van der Waals surface area contributed by atoms with Crippen molar-refractivity contribution in [2.45, 2.75) is 25.3 Å². The van der Waals surface area contributed by atoms with Crippen molar-refractivity contribution in [1.29, 1.82) is 0 Å². The van der Waals surface area contributed by atoms with E-state index in [9.17, 15) is 24.3 Å². The smallest absolute Gasteiger partial charge is 0.352 e. The SMILES string of the molecule is CC(=O)OCC1=C(C(=O)O)N2C(=O)[C@@H](NC(=O)COc3cc(C)c4ccccc4n3)[C@H]2SC1. The number of pyridine rings is 1. The van der Waals surface area contributed by atoms with Crippen molar-refractivity contribution in [1.82, 2.24) is 15.2 Å². The predicted molar refractivity (Wildman–Crippen MR) is 118 cm³/mol. The predicted octanol–water partition coefficient (Wildman–Crippen LogP) is 1.22. The van der Waals surface area contributed by atoms with E-state index in [1.165, 1.54) is 18.7 Å². The van der Waals surface area contributed by atoms with Crippen molar-refractivity contribution >= 4 is 46.4 Å². The van der Waals surface area contributed by atoms with E-state index in [1.807, 2.05) is 31.2 Å². The van der Waals surface area contributed by atoms with Crippen LogP contribution in [-0.4, -0.2) is 69.1 Å². The number of ether oxygens (including phenoxy) is 2. The summed E-state index contributed by atoms with van der Waals surface area (Å²) in [5, 5.41) is 12.6. The summed E-state index contributed by atoms with van der Waals surface area (Å²) in [4.78, 5) is 53.4. The van der Waals surface area contributed by atoms with Gasteiger partial charge in [-0.15, -0.1) is 11.8 Å². The number of para-hydroxylation sites is 1. The van der Waals surface area contributed by atoms with E-state index in [2.05, 4.69) is 10.3 Å². The molecule has 2 amide bonds. The van der Waals surface area contributed by atoms with Crippen LogP contribution in [0.3, 0.4) is 0 Å². The van der Waals surface area contributed by atoms with Crippen LogP contribution in [0.1, 0.15) is 12.5 Å². The van der Waals surface area contributed by atoms with E-state index in [-0.39, 0.29) is 24.7 Å². The van der Waals surface area contributed by atoms with Crippen LogP contribution < -0.4 is 10.1 Å². The lowest BCUT2D eigenvalue weighted by Crippen LogP contribution is -2.71. The number of rotatable bonds is 7. The Morgan fingerprint density at radius 2 is 2.06 bits per heavy atom. The van der Waals surface area contributed by atoms with Crippen molar-refractivity contribution in [3.8, 4) is 5.88 Å². The minimum Gasteiger partial charge on any atom is -0.477 e. The summed E-state index contributed by atoms with van der Waals surface area (Å²) in [5.74, 6) is -2.35. The highest BCUT2D eigenvalue weighted by Gasteiger charge is 2.54. The molecule has 1 aromatic heterocycles. The van der Waals surface area contributed by atoms with Crippen LogP contribution >= 0.6 is 11.8 Å². The van der Waals surface area contributed by atoms with Gasteiger partial charge in [0.2, 0.25) is 5.88 Å². The normalized spacial score (nSPS) is 19.6. The molecule has 33 heavy (non-hydrogen) atoms. The number of fused-ring (bicyclic) bond motifs is 2. The number of aryl methyl sites for hydroxylation is 1. The number of β-lactam (4-membered cyclic amide) rings is 1. The number of carbonyl (C=O) groups excluding carboxylic acids is 3. The fourth-order valence-corrected chi connectivity index (χ4v) is 5.06. The number of carbonyl (C=O) groups is 4. The number of thioether (sulfide) groups is 1. The van der Waals surface area contributed by atoms with E-state index in [0.29, 0.717) is 11.5 Å². The molecule has 11 heteroatoms. The van der Waals surface area contributed by atoms with E-state index in [4.69, 9.17) is 9.47 Å². The maximum Gasteiger partial charge on any atom is 0.352 e. The van der Waals surface area contributed by atoms with Crippen LogP contribution in [0, 0.1) is 6.92 Å². The molecule has 0 unspecified atom stereocenters. The van der Waals surface area contributed by atoms with E-state index in [0.717, 1.165) is 21.4 Å². The second-order valence-electron chi connectivity index (χ2n) is 7.58. The highest BCUT2D eigenvalue weighted by Crippen LogP contribution is 2.40. The number of carboxylic acids is 1. The maximum atomic E-state index is 12.6. The quantitative estimate of drug-likeness (QED) is 0.451. The molecule has 0 radical (unpaired) electrons. The number of benzene rings is 1. The molecular weight excluding hydrogens is 450 g/mol. The van der Waals surface area contributed by atoms with Crippen LogP contribution in [0.2, 0.25) is 0 Å². The molecule has 0 spiro atoms. The number of hydrogen-bond acceptors (Lipinski definition) is 8. The minimum atomic E-state index is -1.29. The third-order valence-electron chi connectivity index (χ3n) is 5.27. The number of aliphatic carboxylic acids is 1. The van der Waals surface area contributed by atoms with Gasteiger partial charge in [0, 0.05) is 29.7 Å². The highest BCUT2D eigenvalue weighted by molar-refractivity contribution is 8.00. The lowest BCUT2D eigenvalue weighted by atomic mass is 10.0. The van der Waals surface area contributed by atoms with Crippen molar-refractivity contribution in [3.63, 3.8) is 0 Å². The minimum absolute atomic E-state index is 0.205. The van der Waals surface area contributed by atoms with Crippen LogP contribution in [0.15, 0.2) is 41.6 Å². The van der Waals surface area contributed by atoms with Gasteiger partial charge in [0.05, 0.1) is 5.52 Å². The van der Waals surface area contributed by atoms with Gasteiger partial charge in [-0.05, 0) is 18.6 Å². The number of nitrogens with one attached hydrogen (secondary N) is 1. The average Bonchev–Trinajstić information content (AvgIpc) is 2.79. The van der Waals surface area contributed by atoms with Gasteiger partial charge in [-0.1, -0.05) is 18.2 Å². The zero-order valence-electron chi connectivity index (χ0n) is 17.9. The third-order valence-corrected chi connectivity index (χ3v) is 6.61. The van der Waals surface area contributed by atoms with Crippen molar-refractivity contribution < 1.29 is 33.8 Å². The summed E-state index contributed by atoms with van der Waals surface area (Å²) >= 11 is 1.29. The van der Waals surface area contributed by atoms with E-state index < -0.39 is 35.2 Å². The Bertz CT molecular complexity index is 1200. The van der Waals surface area contributed by atoms with Crippen LogP contribution in [0.4, 0.5) is 0 Å². The number of carboxylic acid groups (broad SMARTS) is 1. The molecule has 0 bridgehead atoms. The topological polar surface area (TPSA) is 135 Å².